The minimum absolute atomic E-state index is 0.0139. The van der Waals surface area contributed by atoms with Crippen molar-refractivity contribution >= 4 is 16.8 Å². The number of hydrogen-bond donors (Lipinski definition) is 0. The third-order valence-electron chi connectivity index (χ3n) is 3.01. The number of benzene rings is 1. The van der Waals surface area contributed by atoms with Crippen molar-refractivity contribution in [3.8, 4) is 0 Å². The molecule has 0 saturated heterocycles. The zero-order chi connectivity index (χ0) is 13.1. The van der Waals surface area contributed by atoms with Gasteiger partial charge in [-0.1, -0.05) is 24.3 Å². The van der Waals surface area contributed by atoms with Gasteiger partial charge >= 0.3 is 0 Å². The van der Waals surface area contributed by atoms with E-state index in [1.807, 2.05) is 36.4 Å². The normalized spacial score (nSPS) is 10.7. The lowest BCUT2D eigenvalue weighted by molar-refractivity contribution is 0.0887. The molecule has 2 heterocycles. The molecule has 0 fully saturated rings. The van der Waals surface area contributed by atoms with Crippen molar-refractivity contribution in [3.63, 3.8) is 0 Å². The van der Waals surface area contributed by atoms with Crippen molar-refractivity contribution in [3.05, 3.63) is 60.6 Å². The smallest absolute Gasteiger partial charge is 0.247 e. The summed E-state index contributed by atoms with van der Waals surface area (Å²) in [6.07, 6.45) is 4.30. The number of hydrogen-bond acceptors (Lipinski definition) is 3. The third kappa shape index (κ3) is 2.52. The van der Waals surface area contributed by atoms with Crippen molar-refractivity contribution in [2.24, 2.45) is 0 Å². The summed E-state index contributed by atoms with van der Waals surface area (Å²) in [6.45, 7) is 0. The molecule has 4 nitrogen and oxygen atoms in total. The Morgan fingerprint density at radius 1 is 1.11 bits per heavy atom. The van der Waals surface area contributed by atoms with Crippen LogP contribution in [0.3, 0.4) is 0 Å². The van der Waals surface area contributed by atoms with E-state index in [9.17, 15) is 4.79 Å². The van der Waals surface area contributed by atoms with Crippen LogP contribution >= 0.6 is 0 Å². The van der Waals surface area contributed by atoms with Crippen LogP contribution in [0, 0.1) is 0 Å². The van der Waals surface area contributed by atoms with Gasteiger partial charge in [-0.25, -0.2) is 4.68 Å². The zero-order valence-electron chi connectivity index (χ0n) is 10.4. The van der Waals surface area contributed by atoms with E-state index in [4.69, 9.17) is 0 Å². The Labute approximate surface area is 110 Å². The predicted octanol–water partition coefficient (Wildman–Crippen LogP) is 2.70. The van der Waals surface area contributed by atoms with E-state index in [0.29, 0.717) is 12.8 Å². The first kappa shape index (κ1) is 11.6. The largest absolute Gasteiger partial charge is 0.273 e. The van der Waals surface area contributed by atoms with Gasteiger partial charge in [0.1, 0.15) is 0 Å². The average molecular weight is 251 g/mol. The van der Waals surface area contributed by atoms with Gasteiger partial charge in [0, 0.05) is 29.9 Å². The van der Waals surface area contributed by atoms with Crippen LogP contribution in [-0.4, -0.2) is 20.7 Å². The van der Waals surface area contributed by atoms with Gasteiger partial charge in [0.05, 0.1) is 5.52 Å². The second kappa shape index (κ2) is 5.02. The number of para-hydroxylation sites is 1. The summed E-state index contributed by atoms with van der Waals surface area (Å²) < 4.78 is 1.36. The fourth-order valence-corrected chi connectivity index (χ4v) is 2.01. The molecule has 0 N–H and O–H groups in total. The Morgan fingerprint density at radius 3 is 2.84 bits per heavy atom. The van der Waals surface area contributed by atoms with Gasteiger partial charge in [-0.2, -0.15) is 5.10 Å². The molecule has 0 aliphatic carbocycles. The lowest BCUT2D eigenvalue weighted by Crippen LogP contribution is -2.12. The standard InChI is InChI=1S/C15H13N3O/c19-15(18-11-3-10-16-18)9-8-13-7-6-12-4-1-2-5-14(12)17-13/h1-7,10-11H,8-9H2. The molecule has 0 amide bonds. The van der Waals surface area contributed by atoms with Gasteiger partial charge in [0.2, 0.25) is 5.91 Å². The van der Waals surface area contributed by atoms with Crippen LogP contribution in [0.2, 0.25) is 0 Å². The highest BCUT2D eigenvalue weighted by Crippen LogP contribution is 2.12. The van der Waals surface area contributed by atoms with Crippen LogP contribution in [0.25, 0.3) is 10.9 Å². The summed E-state index contributed by atoms with van der Waals surface area (Å²) in [5, 5.41) is 5.04. The molecular formula is C15H13N3O. The lowest BCUT2D eigenvalue weighted by Gasteiger charge is -2.03. The Bertz CT molecular complexity index is 704. The summed E-state index contributed by atoms with van der Waals surface area (Å²) in [5.41, 5.74) is 1.89. The maximum Gasteiger partial charge on any atom is 0.247 e. The van der Waals surface area contributed by atoms with E-state index in [0.717, 1.165) is 16.6 Å². The molecule has 19 heavy (non-hydrogen) atoms. The lowest BCUT2D eigenvalue weighted by atomic mass is 10.1. The second-order valence-electron chi connectivity index (χ2n) is 4.34. The Morgan fingerprint density at radius 2 is 2.00 bits per heavy atom. The van der Waals surface area contributed by atoms with E-state index in [-0.39, 0.29) is 5.91 Å². The van der Waals surface area contributed by atoms with Crippen molar-refractivity contribution < 1.29 is 4.79 Å². The molecule has 0 unspecified atom stereocenters. The van der Waals surface area contributed by atoms with E-state index in [1.165, 1.54) is 4.68 Å². The van der Waals surface area contributed by atoms with Crippen molar-refractivity contribution in [1.82, 2.24) is 14.8 Å². The highest BCUT2D eigenvalue weighted by Gasteiger charge is 2.06. The van der Waals surface area contributed by atoms with Gasteiger partial charge in [0.25, 0.3) is 0 Å². The molecule has 0 bridgehead atoms. The number of carbonyl (C=O) groups excluding carboxylic acids is 1. The van der Waals surface area contributed by atoms with E-state index in [1.54, 1.807) is 18.5 Å². The summed E-state index contributed by atoms with van der Waals surface area (Å²) in [7, 11) is 0. The summed E-state index contributed by atoms with van der Waals surface area (Å²) >= 11 is 0. The minimum atomic E-state index is -0.0139. The molecule has 3 rings (SSSR count). The fourth-order valence-electron chi connectivity index (χ4n) is 2.01. The van der Waals surface area contributed by atoms with Crippen LogP contribution in [0.4, 0.5) is 0 Å². The first-order valence-electron chi connectivity index (χ1n) is 6.20. The number of rotatable bonds is 3. The molecule has 1 aromatic carbocycles. The van der Waals surface area contributed by atoms with E-state index >= 15 is 0 Å². The Balaban J connectivity index is 1.73. The van der Waals surface area contributed by atoms with Gasteiger partial charge in [-0.3, -0.25) is 9.78 Å². The molecule has 0 saturated carbocycles. The number of nitrogens with zero attached hydrogens (tertiary/aromatic N) is 3. The molecule has 0 atom stereocenters. The van der Waals surface area contributed by atoms with E-state index < -0.39 is 0 Å². The van der Waals surface area contributed by atoms with Crippen LogP contribution in [0.5, 0.6) is 0 Å². The van der Waals surface area contributed by atoms with Gasteiger partial charge in [0.15, 0.2) is 0 Å². The number of aryl methyl sites for hydroxylation is 1. The molecule has 0 spiro atoms. The highest BCUT2D eigenvalue weighted by molar-refractivity contribution is 5.79. The van der Waals surface area contributed by atoms with Crippen LogP contribution in [0.15, 0.2) is 54.9 Å². The van der Waals surface area contributed by atoms with Gasteiger partial charge in [-0.15, -0.1) is 0 Å². The molecular weight excluding hydrogens is 238 g/mol. The summed E-state index contributed by atoms with van der Waals surface area (Å²) in [4.78, 5) is 16.4. The quantitative estimate of drug-likeness (QED) is 0.719. The topological polar surface area (TPSA) is 47.8 Å². The maximum absolute atomic E-state index is 11.8. The molecule has 4 heteroatoms. The van der Waals surface area contributed by atoms with Crippen LogP contribution < -0.4 is 0 Å². The molecule has 3 aromatic rings. The summed E-state index contributed by atoms with van der Waals surface area (Å²) in [5.74, 6) is -0.0139. The second-order valence-corrected chi connectivity index (χ2v) is 4.34. The number of aromatic nitrogens is 3. The average Bonchev–Trinajstić information content (AvgIpc) is 2.99. The predicted molar refractivity (Wildman–Crippen MR) is 72.9 cm³/mol. The van der Waals surface area contributed by atoms with Crippen LogP contribution in [0.1, 0.15) is 16.9 Å². The number of fused-ring (bicyclic) bond motifs is 1. The first-order chi connectivity index (χ1) is 9.33. The molecule has 0 radical (unpaired) electrons. The number of pyridine rings is 1. The van der Waals surface area contributed by atoms with Crippen molar-refractivity contribution in [2.45, 2.75) is 12.8 Å². The third-order valence-corrected chi connectivity index (χ3v) is 3.01. The monoisotopic (exact) mass is 251 g/mol. The Kier molecular flexibility index (Phi) is 3.06. The Hall–Kier alpha value is -2.49. The van der Waals surface area contributed by atoms with Gasteiger partial charge in [-0.05, 0) is 24.6 Å². The van der Waals surface area contributed by atoms with E-state index in [2.05, 4.69) is 10.1 Å². The SMILES string of the molecule is O=C(CCc1ccc2ccccc2n1)n1cccn1. The number of carbonyl (C=O) groups is 1. The molecule has 0 aliphatic rings. The molecule has 0 aliphatic heterocycles. The fraction of sp³-hybridized carbons (Fsp3) is 0.133. The molecule has 94 valence electrons. The molecule has 2 aromatic heterocycles. The van der Waals surface area contributed by atoms with Crippen molar-refractivity contribution in [1.29, 1.82) is 0 Å². The van der Waals surface area contributed by atoms with Crippen molar-refractivity contribution in [2.75, 3.05) is 0 Å². The minimum Gasteiger partial charge on any atom is -0.273 e. The summed E-state index contributed by atoms with van der Waals surface area (Å²) in [6, 6.07) is 13.7. The zero-order valence-corrected chi connectivity index (χ0v) is 10.4. The maximum atomic E-state index is 11.8. The van der Waals surface area contributed by atoms with Gasteiger partial charge < -0.3 is 0 Å². The first-order valence-corrected chi connectivity index (χ1v) is 6.20. The highest BCUT2D eigenvalue weighted by atomic mass is 16.2. The van der Waals surface area contributed by atoms with Crippen LogP contribution in [-0.2, 0) is 6.42 Å².